The number of rotatable bonds is 2. The van der Waals surface area contributed by atoms with E-state index >= 15 is 0 Å². The summed E-state index contributed by atoms with van der Waals surface area (Å²) in [6, 6.07) is 3.88. The van der Waals surface area contributed by atoms with Gasteiger partial charge in [-0.3, -0.25) is 9.88 Å². The molecule has 0 aliphatic carbocycles. The molecule has 0 amide bonds. The van der Waals surface area contributed by atoms with Crippen molar-refractivity contribution in [2.75, 3.05) is 18.8 Å². The van der Waals surface area contributed by atoms with Crippen LogP contribution in [0.1, 0.15) is 19.5 Å². The zero-order chi connectivity index (χ0) is 11.5. The third-order valence-corrected chi connectivity index (χ3v) is 2.73. The van der Waals surface area contributed by atoms with Crippen molar-refractivity contribution in [1.82, 2.24) is 9.88 Å². The number of hydrogen-bond donors (Lipinski definition) is 1. The second-order valence-corrected chi connectivity index (χ2v) is 4.53. The Morgan fingerprint density at radius 2 is 2.06 bits per heavy atom. The summed E-state index contributed by atoms with van der Waals surface area (Å²) >= 11 is 0. The van der Waals surface area contributed by atoms with E-state index in [-0.39, 0.29) is 0 Å². The molecule has 1 aliphatic rings. The van der Waals surface area contributed by atoms with E-state index in [0.29, 0.717) is 17.9 Å². The minimum absolute atomic E-state index is 0.303. The van der Waals surface area contributed by atoms with Crippen LogP contribution in [-0.4, -0.2) is 35.2 Å². The molecule has 0 aromatic carbocycles. The Bertz CT molecular complexity index is 329. The molecular weight excluding hydrogens is 202 g/mol. The van der Waals surface area contributed by atoms with Crippen LogP contribution < -0.4 is 5.73 Å². The third-order valence-electron chi connectivity index (χ3n) is 2.73. The number of nitrogens with zero attached hydrogens (tertiary/aromatic N) is 2. The van der Waals surface area contributed by atoms with Crippen LogP contribution in [0, 0.1) is 0 Å². The fraction of sp³-hybridized carbons (Fsp3) is 0.583. The van der Waals surface area contributed by atoms with Gasteiger partial charge in [0, 0.05) is 19.6 Å². The normalized spacial score (nSPS) is 26.9. The predicted molar refractivity (Wildman–Crippen MR) is 63.9 cm³/mol. The second-order valence-electron chi connectivity index (χ2n) is 4.53. The van der Waals surface area contributed by atoms with E-state index in [4.69, 9.17) is 10.5 Å². The Balaban J connectivity index is 1.96. The monoisotopic (exact) mass is 221 g/mol. The summed E-state index contributed by atoms with van der Waals surface area (Å²) in [6.07, 6.45) is 2.32. The van der Waals surface area contributed by atoms with E-state index in [9.17, 15) is 0 Å². The topological polar surface area (TPSA) is 51.4 Å². The smallest absolute Gasteiger partial charge is 0.0678 e. The molecule has 0 spiro atoms. The number of nitrogen functional groups attached to an aromatic ring is 1. The fourth-order valence-corrected chi connectivity index (χ4v) is 2.17. The first-order chi connectivity index (χ1) is 7.63. The molecule has 88 valence electrons. The highest BCUT2D eigenvalue weighted by molar-refractivity contribution is 5.34. The zero-order valence-corrected chi connectivity index (χ0v) is 9.89. The maximum absolute atomic E-state index is 5.69. The van der Waals surface area contributed by atoms with Crippen LogP contribution >= 0.6 is 0 Å². The maximum Gasteiger partial charge on any atom is 0.0678 e. The van der Waals surface area contributed by atoms with Crippen molar-refractivity contribution in [3.05, 3.63) is 24.0 Å². The van der Waals surface area contributed by atoms with Crippen LogP contribution in [0.5, 0.6) is 0 Å². The molecule has 1 fully saturated rings. The number of nitrogens with two attached hydrogens (primary N) is 1. The molecule has 4 nitrogen and oxygen atoms in total. The highest BCUT2D eigenvalue weighted by atomic mass is 16.5. The van der Waals surface area contributed by atoms with Crippen molar-refractivity contribution in [3.8, 4) is 0 Å². The molecule has 1 saturated heterocycles. The first kappa shape index (κ1) is 11.4. The van der Waals surface area contributed by atoms with E-state index in [1.165, 1.54) is 0 Å². The van der Waals surface area contributed by atoms with Crippen LogP contribution in [0.25, 0.3) is 0 Å². The van der Waals surface area contributed by atoms with Gasteiger partial charge in [0.1, 0.15) is 0 Å². The van der Waals surface area contributed by atoms with E-state index < -0.39 is 0 Å². The number of morpholine rings is 1. The summed E-state index contributed by atoms with van der Waals surface area (Å²) in [7, 11) is 0. The average molecular weight is 221 g/mol. The minimum Gasteiger partial charge on any atom is -0.397 e. The van der Waals surface area contributed by atoms with Crippen molar-refractivity contribution in [1.29, 1.82) is 0 Å². The van der Waals surface area contributed by atoms with E-state index in [2.05, 4.69) is 23.7 Å². The Hall–Kier alpha value is -1.13. The number of anilines is 1. The molecule has 1 aliphatic heterocycles. The lowest BCUT2D eigenvalue weighted by atomic mass is 10.2. The Labute approximate surface area is 96.4 Å². The van der Waals surface area contributed by atoms with Crippen LogP contribution in [0.3, 0.4) is 0 Å². The molecule has 2 rings (SSSR count). The SMILES string of the molecule is CC1CN(Cc2ccc(N)cn2)CC(C)O1. The van der Waals surface area contributed by atoms with Crippen molar-refractivity contribution in [2.24, 2.45) is 0 Å². The van der Waals surface area contributed by atoms with Gasteiger partial charge in [-0.05, 0) is 26.0 Å². The lowest BCUT2D eigenvalue weighted by molar-refractivity contribution is -0.0707. The molecule has 2 N–H and O–H groups in total. The van der Waals surface area contributed by atoms with Gasteiger partial charge in [-0.1, -0.05) is 0 Å². The van der Waals surface area contributed by atoms with Gasteiger partial charge < -0.3 is 10.5 Å². The lowest BCUT2D eigenvalue weighted by Crippen LogP contribution is -2.44. The number of hydrogen-bond acceptors (Lipinski definition) is 4. The summed E-state index contributed by atoms with van der Waals surface area (Å²) in [5.74, 6) is 0. The van der Waals surface area contributed by atoms with Gasteiger partial charge in [0.2, 0.25) is 0 Å². The zero-order valence-electron chi connectivity index (χ0n) is 9.89. The third kappa shape index (κ3) is 2.93. The average Bonchev–Trinajstić information content (AvgIpc) is 2.20. The van der Waals surface area contributed by atoms with E-state index in [1.54, 1.807) is 6.20 Å². The molecule has 0 saturated carbocycles. The molecule has 1 aromatic rings. The summed E-state index contributed by atoms with van der Waals surface area (Å²) < 4.78 is 5.69. The van der Waals surface area contributed by atoms with Crippen LogP contribution in [0.4, 0.5) is 5.69 Å². The number of pyridine rings is 1. The first-order valence-electron chi connectivity index (χ1n) is 5.71. The van der Waals surface area contributed by atoms with Gasteiger partial charge in [-0.15, -0.1) is 0 Å². The van der Waals surface area contributed by atoms with Gasteiger partial charge in [-0.2, -0.15) is 0 Å². The molecule has 0 radical (unpaired) electrons. The molecule has 0 bridgehead atoms. The Morgan fingerprint density at radius 1 is 1.38 bits per heavy atom. The van der Waals surface area contributed by atoms with Crippen molar-refractivity contribution in [2.45, 2.75) is 32.6 Å². The van der Waals surface area contributed by atoms with Gasteiger partial charge in [0.05, 0.1) is 29.8 Å². The van der Waals surface area contributed by atoms with Gasteiger partial charge in [0.25, 0.3) is 0 Å². The summed E-state index contributed by atoms with van der Waals surface area (Å²) in [4.78, 5) is 6.69. The maximum atomic E-state index is 5.69. The number of ether oxygens (including phenoxy) is 1. The standard InChI is InChI=1S/C12H19N3O/c1-9-6-15(7-10(2)16-9)8-12-4-3-11(13)5-14-12/h3-5,9-10H,6-8,13H2,1-2H3. The number of aromatic nitrogens is 1. The van der Waals surface area contributed by atoms with Crippen molar-refractivity contribution in [3.63, 3.8) is 0 Å². The lowest BCUT2D eigenvalue weighted by Gasteiger charge is -2.35. The van der Waals surface area contributed by atoms with Gasteiger partial charge in [0.15, 0.2) is 0 Å². The van der Waals surface area contributed by atoms with E-state index in [0.717, 1.165) is 25.3 Å². The summed E-state index contributed by atoms with van der Waals surface area (Å²) in [6.45, 7) is 7.03. The minimum atomic E-state index is 0.303. The second kappa shape index (κ2) is 4.80. The van der Waals surface area contributed by atoms with Crippen LogP contribution in [0.15, 0.2) is 18.3 Å². The molecule has 4 heteroatoms. The molecule has 2 atom stereocenters. The first-order valence-corrected chi connectivity index (χ1v) is 5.71. The highest BCUT2D eigenvalue weighted by Crippen LogP contribution is 2.13. The van der Waals surface area contributed by atoms with Crippen LogP contribution in [0.2, 0.25) is 0 Å². The van der Waals surface area contributed by atoms with Gasteiger partial charge in [-0.25, -0.2) is 0 Å². The molecule has 2 heterocycles. The fourth-order valence-electron chi connectivity index (χ4n) is 2.17. The molecule has 2 unspecified atom stereocenters. The van der Waals surface area contributed by atoms with Crippen molar-refractivity contribution >= 4 is 5.69 Å². The predicted octanol–water partition coefficient (Wildman–Crippen LogP) is 1.27. The van der Waals surface area contributed by atoms with Crippen LogP contribution in [-0.2, 0) is 11.3 Å². The summed E-state index contributed by atoms with van der Waals surface area (Å²) in [5, 5.41) is 0. The quantitative estimate of drug-likeness (QED) is 0.817. The largest absolute Gasteiger partial charge is 0.397 e. The van der Waals surface area contributed by atoms with E-state index in [1.807, 2.05) is 12.1 Å². The van der Waals surface area contributed by atoms with Gasteiger partial charge >= 0.3 is 0 Å². The summed E-state index contributed by atoms with van der Waals surface area (Å²) in [5.41, 5.74) is 7.39. The molecule has 1 aromatic heterocycles. The van der Waals surface area contributed by atoms with Crippen molar-refractivity contribution < 1.29 is 4.74 Å². The Kier molecular flexibility index (Phi) is 3.41. The molecule has 16 heavy (non-hydrogen) atoms. The highest BCUT2D eigenvalue weighted by Gasteiger charge is 2.22. The Morgan fingerprint density at radius 3 is 2.62 bits per heavy atom. The molecular formula is C12H19N3O.